The second-order valence-electron chi connectivity index (χ2n) is 3.79. The van der Waals surface area contributed by atoms with Gasteiger partial charge in [-0.2, -0.15) is 0 Å². The second kappa shape index (κ2) is 6.62. The Morgan fingerprint density at radius 1 is 1.15 bits per heavy atom. The van der Waals surface area contributed by atoms with E-state index in [0.717, 1.165) is 38.5 Å². The van der Waals surface area contributed by atoms with E-state index in [2.05, 4.69) is 13.8 Å². The normalized spacial score (nSPS) is 18.2. The zero-order valence-corrected chi connectivity index (χ0v) is 10.1. The highest BCUT2D eigenvalue weighted by molar-refractivity contribution is 7.40. The Balaban J connectivity index is 4.35. The van der Waals surface area contributed by atoms with Crippen LogP contribution in [0.15, 0.2) is 0 Å². The van der Waals surface area contributed by atoms with Gasteiger partial charge in [-0.15, -0.1) is 0 Å². The first-order chi connectivity index (χ1) is 6.13. The van der Waals surface area contributed by atoms with Crippen molar-refractivity contribution in [2.45, 2.75) is 64.5 Å². The monoisotopic (exact) mass is 206 g/mol. The van der Waals surface area contributed by atoms with Gasteiger partial charge in [0.1, 0.15) is 0 Å². The Morgan fingerprint density at radius 3 is 2.08 bits per heavy atom. The first-order valence-corrected chi connectivity index (χ1v) is 6.72. The SMILES string of the molecule is CCCCC(CC)(CCC)[PH](=O)O. The molecule has 0 radical (unpaired) electrons. The molecule has 0 amide bonds. The molecule has 13 heavy (non-hydrogen) atoms. The van der Waals surface area contributed by atoms with Crippen molar-refractivity contribution in [3.8, 4) is 0 Å². The summed E-state index contributed by atoms with van der Waals surface area (Å²) in [4.78, 5) is 9.37. The fraction of sp³-hybridized carbons (Fsp3) is 1.00. The van der Waals surface area contributed by atoms with Crippen LogP contribution in [0.5, 0.6) is 0 Å². The molecular weight excluding hydrogens is 183 g/mol. The molecule has 0 saturated carbocycles. The van der Waals surface area contributed by atoms with Crippen molar-refractivity contribution in [3.63, 3.8) is 0 Å². The van der Waals surface area contributed by atoms with Gasteiger partial charge >= 0.3 is 0 Å². The minimum Gasteiger partial charge on any atom is -0.346 e. The second-order valence-corrected chi connectivity index (χ2v) is 5.46. The van der Waals surface area contributed by atoms with Gasteiger partial charge in [0, 0.05) is 5.16 Å². The molecular formula is C10H23O2P. The van der Waals surface area contributed by atoms with Crippen LogP contribution >= 0.6 is 8.03 Å². The van der Waals surface area contributed by atoms with Gasteiger partial charge < -0.3 is 4.89 Å². The lowest BCUT2D eigenvalue weighted by atomic mass is 9.93. The molecule has 0 bridgehead atoms. The van der Waals surface area contributed by atoms with E-state index in [1.165, 1.54) is 0 Å². The van der Waals surface area contributed by atoms with E-state index in [4.69, 9.17) is 0 Å². The highest BCUT2D eigenvalue weighted by Crippen LogP contribution is 2.45. The summed E-state index contributed by atoms with van der Waals surface area (Å²) in [6.07, 6.45) is 5.86. The molecule has 0 rings (SSSR count). The van der Waals surface area contributed by atoms with Gasteiger partial charge in [-0.1, -0.05) is 40.0 Å². The molecule has 0 fully saturated rings. The summed E-state index contributed by atoms with van der Waals surface area (Å²) >= 11 is 0. The molecule has 2 unspecified atom stereocenters. The third kappa shape index (κ3) is 3.83. The van der Waals surface area contributed by atoms with E-state index in [0.29, 0.717) is 0 Å². The summed E-state index contributed by atoms with van der Waals surface area (Å²) in [6.45, 7) is 6.24. The molecule has 3 heteroatoms. The van der Waals surface area contributed by atoms with Gasteiger partial charge in [-0.05, 0) is 19.3 Å². The number of unbranched alkanes of at least 4 members (excludes halogenated alkanes) is 1. The third-order valence-electron chi connectivity index (χ3n) is 2.87. The van der Waals surface area contributed by atoms with Gasteiger partial charge in [-0.3, -0.25) is 4.57 Å². The Kier molecular flexibility index (Phi) is 6.71. The summed E-state index contributed by atoms with van der Waals surface area (Å²) in [5, 5.41) is -0.255. The summed E-state index contributed by atoms with van der Waals surface area (Å²) in [5.74, 6) is 0. The Bertz CT molecular complexity index is 159. The van der Waals surface area contributed by atoms with Crippen LogP contribution in [0.25, 0.3) is 0 Å². The predicted octanol–water partition coefficient (Wildman–Crippen LogP) is 3.59. The van der Waals surface area contributed by atoms with Crippen molar-refractivity contribution in [2.24, 2.45) is 0 Å². The maximum atomic E-state index is 11.3. The zero-order valence-electron chi connectivity index (χ0n) is 9.10. The third-order valence-corrected chi connectivity index (χ3v) is 4.63. The van der Waals surface area contributed by atoms with Gasteiger partial charge in [-0.25, -0.2) is 0 Å². The van der Waals surface area contributed by atoms with E-state index in [-0.39, 0.29) is 5.16 Å². The van der Waals surface area contributed by atoms with Crippen molar-refractivity contribution in [1.29, 1.82) is 0 Å². The molecule has 2 nitrogen and oxygen atoms in total. The van der Waals surface area contributed by atoms with E-state index in [9.17, 15) is 9.46 Å². The van der Waals surface area contributed by atoms with Crippen LogP contribution in [0.2, 0.25) is 0 Å². The number of hydrogen-bond acceptors (Lipinski definition) is 1. The minimum absolute atomic E-state index is 0.255. The number of rotatable bonds is 7. The smallest absolute Gasteiger partial charge is 0.195 e. The largest absolute Gasteiger partial charge is 0.346 e. The molecule has 0 heterocycles. The maximum Gasteiger partial charge on any atom is 0.195 e. The molecule has 0 aliphatic heterocycles. The molecule has 1 N–H and O–H groups in total. The van der Waals surface area contributed by atoms with Crippen LogP contribution < -0.4 is 0 Å². The van der Waals surface area contributed by atoms with Crippen molar-refractivity contribution in [1.82, 2.24) is 0 Å². The zero-order chi connectivity index (χ0) is 10.3. The van der Waals surface area contributed by atoms with Crippen LogP contribution in [-0.2, 0) is 4.57 Å². The van der Waals surface area contributed by atoms with Crippen molar-refractivity contribution in [3.05, 3.63) is 0 Å². The van der Waals surface area contributed by atoms with Crippen LogP contribution in [0.4, 0.5) is 0 Å². The highest BCUT2D eigenvalue weighted by Gasteiger charge is 2.31. The molecule has 0 aromatic heterocycles. The van der Waals surface area contributed by atoms with Gasteiger partial charge in [0.05, 0.1) is 0 Å². The molecule has 0 saturated heterocycles. The van der Waals surface area contributed by atoms with E-state index >= 15 is 0 Å². The molecule has 0 aromatic rings. The van der Waals surface area contributed by atoms with Crippen LogP contribution in [0, 0.1) is 0 Å². The number of hydrogen-bond donors (Lipinski definition) is 1. The lowest BCUT2D eigenvalue weighted by Gasteiger charge is -2.29. The highest BCUT2D eigenvalue weighted by atomic mass is 31.1. The topological polar surface area (TPSA) is 37.3 Å². The predicted molar refractivity (Wildman–Crippen MR) is 58.7 cm³/mol. The standard InChI is InChI=1S/C10H23O2P/c1-4-7-9-10(6-3,8-5-2)13(11)12/h13H,4-9H2,1-3H3,(H,11,12). The first kappa shape index (κ1) is 13.2. The molecule has 2 atom stereocenters. The summed E-state index contributed by atoms with van der Waals surface area (Å²) in [6, 6.07) is 0. The van der Waals surface area contributed by atoms with Crippen molar-refractivity contribution < 1.29 is 9.46 Å². The average molecular weight is 206 g/mol. The fourth-order valence-electron chi connectivity index (χ4n) is 1.84. The van der Waals surface area contributed by atoms with Gasteiger partial charge in [0.2, 0.25) is 0 Å². The van der Waals surface area contributed by atoms with Crippen molar-refractivity contribution in [2.75, 3.05) is 0 Å². The van der Waals surface area contributed by atoms with E-state index < -0.39 is 8.03 Å². The Hall–Kier alpha value is 0.190. The van der Waals surface area contributed by atoms with E-state index in [1.807, 2.05) is 6.92 Å². The summed E-state index contributed by atoms with van der Waals surface area (Å²) < 4.78 is 11.3. The maximum absolute atomic E-state index is 11.3. The molecule has 0 aliphatic carbocycles. The van der Waals surface area contributed by atoms with Gasteiger partial charge in [0.15, 0.2) is 8.03 Å². The van der Waals surface area contributed by atoms with Gasteiger partial charge in [0.25, 0.3) is 0 Å². The minimum atomic E-state index is -2.37. The van der Waals surface area contributed by atoms with Crippen LogP contribution in [0.1, 0.15) is 59.3 Å². The fourth-order valence-corrected chi connectivity index (χ4v) is 2.99. The summed E-state index contributed by atoms with van der Waals surface area (Å²) in [7, 11) is -2.37. The lowest BCUT2D eigenvalue weighted by Crippen LogP contribution is -2.23. The Labute approximate surface area is 82.6 Å². The van der Waals surface area contributed by atoms with Crippen LogP contribution in [-0.4, -0.2) is 10.0 Å². The van der Waals surface area contributed by atoms with Crippen molar-refractivity contribution >= 4 is 8.03 Å². The first-order valence-electron chi connectivity index (χ1n) is 5.36. The molecule has 80 valence electrons. The van der Waals surface area contributed by atoms with Crippen LogP contribution in [0.3, 0.4) is 0 Å². The average Bonchev–Trinajstić information content (AvgIpc) is 2.12. The molecule has 0 aliphatic rings. The quantitative estimate of drug-likeness (QED) is 0.646. The summed E-state index contributed by atoms with van der Waals surface area (Å²) in [5.41, 5.74) is 0. The molecule has 0 aromatic carbocycles. The lowest BCUT2D eigenvalue weighted by molar-refractivity contribution is 0.387. The molecule has 0 spiro atoms. The van der Waals surface area contributed by atoms with E-state index in [1.54, 1.807) is 0 Å². The Morgan fingerprint density at radius 2 is 1.77 bits per heavy atom.